The van der Waals surface area contributed by atoms with Gasteiger partial charge in [0.25, 0.3) is 0 Å². The Morgan fingerprint density at radius 2 is 2.08 bits per heavy atom. The minimum atomic E-state index is -0.426. The first-order valence-corrected chi connectivity index (χ1v) is 8.69. The molecule has 2 aromatic heterocycles. The number of carbonyl (C=O) groups excluding carboxylic acids is 1. The van der Waals surface area contributed by atoms with Crippen molar-refractivity contribution in [2.24, 2.45) is 5.73 Å². The molecular formula is C18H18N4O2S. The number of rotatable bonds is 7. The summed E-state index contributed by atoms with van der Waals surface area (Å²) in [6.07, 6.45) is 3.46. The van der Waals surface area contributed by atoms with Crippen LogP contribution in [0.5, 0.6) is 0 Å². The van der Waals surface area contributed by atoms with Gasteiger partial charge in [-0.05, 0) is 30.7 Å². The van der Waals surface area contributed by atoms with Crippen LogP contribution in [0.4, 0.5) is 0 Å². The van der Waals surface area contributed by atoms with E-state index in [1.165, 1.54) is 0 Å². The van der Waals surface area contributed by atoms with Gasteiger partial charge in [0.15, 0.2) is 11.0 Å². The second kappa shape index (κ2) is 7.40. The zero-order valence-corrected chi connectivity index (χ0v) is 14.6. The molecule has 128 valence electrons. The van der Waals surface area contributed by atoms with Crippen molar-refractivity contribution in [3.63, 3.8) is 0 Å². The summed E-state index contributed by atoms with van der Waals surface area (Å²) in [6, 6.07) is 9.13. The summed E-state index contributed by atoms with van der Waals surface area (Å²) in [7, 11) is 0. The highest BCUT2D eigenvalue weighted by Gasteiger charge is 2.16. The van der Waals surface area contributed by atoms with Crippen molar-refractivity contribution in [2.75, 3.05) is 0 Å². The lowest BCUT2D eigenvalue weighted by Gasteiger charge is -2.07. The van der Waals surface area contributed by atoms with Gasteiger partial charge in [0, 0.05) is 17.9 Å². The van der Waals surface area contributed by atoms with Crippen LogP contribution in [0.15, 0.2) is 58.8 Å². The number of nitrogens with two attached hydrogens (primary N) is 1. The molecule has 0 spiro atoms. The Kier molecular flexibility index (Phi) is 5.04. The molecule has 25 heavy (non-hydrogen) atoms. The topological polar surface area (TPSA) is 86.9 Å². The Bertz CT molecular complexity index is 896. The minimum Gasteiger partial charge on any atom is -0.469 e. The van der Waals surface area contributed by atoms with Crippen LogP contribution in [0.25, 0.3) is 11.4 Å². The molecule has 2 N–H and O–H groups in total. The smallest absolute Gasteiger partial charge is 0.248 e. The Morgan fingerprint density at radius 3 is 2.68 bits per heavy atom. The van der Waals surface area contributed by atoms with Gasteiger partial charge in [-0.2, -0.15) is 0 Å². The van der Waals surface area contributed by atoms with E-state index >= 15 is 0 Å². The van der Waals surface area contributed by atoms with Gasteiger partial charge in [0.2, 0.25) is 5.91 Å². The molecular weight excluding hydrogens is 336 g/mol. The van der Waals surface area contributed by atoms with Crippen molar-refractivity contribution in [3.8, 4) is 11.4 Å². The molecule has 1 aromatic carbocycles. The van der Waals surface area contributed by atoms with Crippen molar-refractivity contribution in [3.05, 3.63) is 66.1 Å². The molecule has 0 aliphatic rings. The molecule has 3 aromatic rings. The molecule has 0 fully saturated rings. The summed E-state index contributed by atoms with van der Waals surface area (Å²) in [5.74, 6) is 1.85. The quantitative estimate of drug-likeness (QED) is 0.519. The number of aryl methyl sites for hydroxylation is 1. The number of primary amides is 1. The first-order chi connectivity index (χ1) is 12.1. The lowest BCUT2D eigenvalue weighted by atomic mass is 10.1. The number of hydrogen-bond acceptors (Lipinski definition) is 5. The summed E-state index contributed by atoms with van der Waals surface area (Å²) < 4.78 is 7.38. The van der Waals surface area contributed by atoms with Gasteiger partial charge in [-0.3, -0.25) is 9.36 Å². The number of allylic oxidation sites excluding steroid dienone is 1. The fourth-order valence-corrected chi connectivity index (χ4v) is 3.32. The van der Waals surface area contributed by atoms with Crippen LogP contribution < -0.4 is 5.73 Å². The third-order valence-corrected chi connectivity index (χ3v) is 4.77. The summed E-state index contributed by atoms with van der Waals surface area (Å²) in [4.78, 5) is 11.1. The number of furan rings is 1. The molecule has 0 saturated heterocycles. The van der Waals surface area contributed by atoms with E-state index in [0.717, 1.165) is 27.9 Å². The Hall–Kier alpha value is -2.80. The van der Waals surface area contributed by atoms with E-state index in [4.69, 9.17) is 10.2 Å². The van der Waals surface area contributed by atoms with Crippen molar-refractivity contribution < 1.29 is 9.21 Å². The number of nitrogens with zero attached hydrogens (tertiary/aromatic N) is 3. The van der Waals surface area contributed by atoms with E-state index in [0.29, 0.717) is 17.9 Å². The van der Waals surface area contributed by atoms with Gasteiger partial charge in [0.1, 0.15) is 5.76 Å². The Morgan fingerprint density at radius 1 is 1.32 bits per heavy atom. The zero-order valence-electron chi connectivity index (χ0n) is 13.8. The van der Waals surface area contributed by atoms with Crippen molar-refractivity contribution in [1.82, 2.24) is 14.8 Å². The van der Waals surface area contributed by atoms with Gasteiger partial charge in [0.05, 0.1) is 11.8 Å². The SMILES string of the molecule is C=CCn1c(SCc2ccc(C(N)=O)cc2)nnc1-c1ccoc1C. The van der Waals surface area contributed by atoms with Gasteiger partial charge < -0.3 is 10.2 Å². The number of aromatic nitrogens is 3. The molecule has 7 heteroatoms. The van der Waals surface area contributed by atoms with Gasteiger partial charge >= 0.3 is 0 Å². The van der Waals surface area contributed by atoms with Crippen LogP contribution in [-0.4, -0.2) is 20.7 Å². The van der Waals surface area contributed by atoms with E-state index in [-0.39, 0.29) is 0 Å². The zero-order chi connectivity index (χ0) is 17.8. The maximum atomic E-state index is 11.1. The lowest BCUT2D eigenvalue weighted by molar-refractivity contribution is 0.100. The molecule has 0 bridgehead atoms. The third kappa shape index (κ3) is 3.66. The number of thioether (sulfide) groups is 1. The predicted molar refractivity (Wildman–Crippen MR) is 97.2 cm³/mol. The van der Waals surface area contributed by atoms with Crippen LogP contribution >= 0.6 is 11.8 Å². The van der Waals surface area contributed by atoms with Crippen LogP contribution in [-0.2, 0) is 12.3 Å². The van der Waals surface area contributed by atoms with Gasteiger partial charge in [-0.15, -0.1) is 16.8 Å². The van der Waals surface area contributed by atoms with E-state index in [1.54, 1.807) is 30.2 Å². The second-order valence-corrected chi connectivity index (χ2v) is 6.39. The van der Waals surface area contributed by atoms with Crippen LogP contribution in [0.2, 0.25) is 0 Å². The highest BCUT2D eigenvalue weighted by Crippen LogP contribution is 2.28. The molecule has 1 amide bonds. The fraction of sp³-hybridized carbons (Fsp3) is 0.167. The van der Waals surface area contributed by atoms with Crippen molar-refractivity contribution in [1.29, 1.82) is 0 Å². The number of hydrogen-bond donors (Lipinski definition) is 1. The summed E-state index contributed by atoms with van der Waals surface area (Å²) in [5.41, 5.74) is 7.76. The van der Waals surface area contributed by atoms with Crippen LogP contribution in [0, 0.1) is 6.92 Å². The third-order valence-electron chi connectivity index (χ3n) is 3.73. The summed E-state index contributed by atoms with van der Waals surface area (Å²) in [5, 5.41) is 9.42. The number of carbonyl (C=O) groups is 1. The lowest BCUT2D eigenvalue weighted by Crippen LogP contribution is -2.10. The highest BCUT2D eigenvalue weighted by atomic mass is 32.2. The van der Waals surface area contributed by atoms with Gasteiger partial charge in [-0.25, -0.2) is 0 Å². The van der Waals surface area contributed by atoms with Crippen LogP contribution in [0.1, 0.15) is 21.7 Å². The normalized spacial score (nSPS) is 10.8. The molecule has 0 unspecified atom stereocenters. The maximum absolute atomic E-state index is 11.1. The predicted octanol–water partition coefficient (Wildman–Crippen LogP) is 3.42. The minimum absolute atomic E-state index is 0.426. The van der Waals surface area contributed by atoms with Gasteiger partial charge in [-0.1, -0.05) is 30.0 Å². The van der Waals surface area contributed by atoms with E-state index in [9.17, 15) is 4.79 Å². The van der Waals surface area contributed by atoms with E-state index in [1.807, 2.05) is 35.8 Å². The number of amides is 1. The fourth-order valence-electron chi connectivity index (χ4n) is 2.42. The first kappa shape index (κ1) is 17.0. The molecule has 3 rings (SSSR count). The molecule has 0 aliphatic carbocycles. The standard InChI is InChI=1S/C18H18N4O2S/c1-3-9-22-17(15-8-10-24-12(15)2)20-21-18(22)25-11-13-4-6-14(7-5-13)16(19)23/h3-8,10H,1,9,11H2,2H3,(H2,19,23). The Labute approximate surface area is 149 Å². The average Bonchev–Trinajstić information content (AvgIpc) is 3.19. The molecule has 0 atom stereocenters. The molecule has 2 heterocycles. The number of benzene rings is 1. The monoisotopic (exact) mass is 354 g/mol. The average molecular weight is 354 g/mol. The maximum Gasteiger partial charge on any atom is 0.248 e. The van der Waals surface area contributed by atoms with E-state index in [2.05, 4.69) is 16.8 Å². The molecule has 6 nitrogen and oxygen atoms in total. The highest BCUT2D eigenvalue weighted by molar-refractivity contribution is 7.98. The van der Waals surface area contributed by atoms with E-state index < -0.39 is 5.91 Å². The second-order valence-electron chi connectivity index (χ2n) is 5.45. The van der Waals surface area contributed by atoms with Crippen LogP contribution in [0.3, 0.4) is 0 Å². The summed E-state index contributed by atoms with van der Waals surface area (Å²) >= 11 is 1.57. The molecule has 0 radical (unpaired) electrons. The summed E-state index contributed by atoms with van der Waals surface area (Å²) in [6.45, 7) is 6.32. The Balaban J connectivity index is 1.80. The largest absolute Gasteiger partial charge is 0.469 e. The van der Waals surface area contributed by atoms with Crippen molar-refractivity contribution in [2.45, 2.75) is 24.4 Å². The first-order valence-electron chi connectivity index (χ1n) is 7.70. The van der Waals surface area contributed by atoms with Crippen molar-refractivity contribution >= 4 is 17.7 Å². The molecule has 0 saturated carbocycles. The molecule has 0 aliphatic heterocycles.